The van der Waals surface area contributed by atoms with Crippen molar-refractivity contribution < 1.29 is 9.59 Å². The topological polar surface area (TPSA) is 94.9 Å². The summed E-state index contributed by atoms with van der Waals surface area (Å²) in [6.07, 6.45) is 2.01. The van der Waals surface area contributed by atoms with E-state index in [9.17, 15) is 9.59 Å². The highest BCUT2D eigenvalue weighted by Gasteiger charge is 2.22. The molecule has 2 amide bonds. The zero-order valence-corrected chi connectivity index (χ0v) is 11.6. The molecule has 1 heterocycles. The van der Waals surface area contributed by atoms with E-state index in [1.54, 1.807) is 18.2 Å². The largest absolute Gasteiger partial charge is 0.341 e. The molecule has 0 saturated heterocycles. The highest BCUT2D eigenvalue weighted by Crippen LogP contribution is 2.06. The summed E-state index contributed by atoms with van der Waals surface area (Å²) in [6.45, 7) is 3.84. The standard InChI is InChI=1S/C14H18N4O2/c1-10(2)9-12(13(19)17-8-6-15)18-14(20)11-5-3-4-7-16-11/h3-5,7,10,12H,8-9H2,1-2H3,(H,17,19)(H,18,20)/t12-/m0/s1. The first-order valence-corrected chi connectivity index (χ1v) is 6.41. The maximum atomic E-state index is 12.0. The van der Waals surface area contributed by atoms with Gasteiger partial charge in [-0.05, 0) is 24.5 Å². The van der Waals surface area contributed by atoms with Crippen LogP contribution in [-0.4, -0.2) is 29.4 Å². The Labute approximate surface area is 118 Å². The van der Waals surface area contributed by atoms with E-state index in [1.165, 1.54) is 6.20 Å². The second-order valence-electron chi connectivity index (χ2n) is 4.75. The molecule has 0 spiro atoms. The summed E-state index contributed by atoms with van der Waals surface area (Å²) in [6, 6.07) is 6.16. The molecule has 0 aliphatic carbocycles. The van der Waals surface area contributed by atoms with Crippen molar-refractivity contribution in [1.29, 1.82) is 5.26 Å². The van der Waals surface area contributed by atoms with Gasteiger partial charge in [-0.15, -0.1) is 0 Å². The molecule has 0 unspecified atom stereocenters. The Balaban J connectivity index is 2.72. The second-order valence-corrected chi connectivity index (χ2v) is 4.75. The number of hydrogen-bond donors (Lipinski definition) is 2. The van der Waals surface area contributed by atoms with Crippen LogP contribution in [0.15, 0.2) is 24.4 Å². The van der Waals surface area contributed by atoms with Crippen LogP contribution in [0.3, 0.4) is 0 Å². The van der Waals surface area contributed by atoms with Crippen molar-refractivity contribution >= 4 is 11.8 Å². The van der Waals surface area contributed by atoms with Gasteiger partial charge in [0.1, 0.15) is 18.3 Å². The summed E-state index contributed by atoms with van der Waals surface area (Å²) in [4.78, 5) is 27.8. The molecule has 6 heteroatoms. The highest BCUT2D eigenvalue weighted by molar-refractivity contribution is 5.96. The zero-order valence-electron chi connectivity index (χ0n) is 11.6. The minimum absolute atomic E-state index is 0.0765. The fourth-order valence-electron chi connectivity index (χ4n) is 1.68. The third-order valence-electron chi connectivity index (χ3n) is 2.57. The van der Waals surface area contributed by atoms with E-state index in [0.717, 1.165) is 0 Å². The number of carbonyl (C=O) groups excluding carboxylic acids is 2. The summed E-state index contributed by atoms with van der Waals surface area (Å²) in [5.41, 5.74) is 0.259. The molecular formula is C14H18N4O2. The Morgan fingerprint density at radius 3 is 2.70 bits per heavy atom. The van der Waals surface area contributed by atoms with Gasteiger partial charge in [-0.2, -0.15) is 5.26 Å². The summed E-state index contributed by atoms with van der Waals surface area (Å²) < 4.78 is 0. The van der Waals surface area contributed by atoms with E-state index < -0.39 is 11.9 Å². The molecule has 0 aliphatic rings. The van der Waals surface area contributed by atoms with E-state index in [2.05, 4.69) is 15.6 Å². The minimum Gasteiger partial charge on any atom is -0.341 e. The number of nitriles is 1. The number of carbonyl (C=O) groups is 2. The Kier molecular flexibility index (Phi) is 6.17. The van der Waals surface area contributed by atoms with Crippen LogP contribution >= 0.6 is 0 Å². The van der Waals surface area contributed by atoms with Gasteiger partial charge in [-0.3, -0.25) is 14.6 Å². The molecule has 0 saturated carbocycles. The van der Waals surface area contributed by atoms with Gasteiger partial charge in [0.15, 0.2) is 0 Å². The Morgan fingerprint density at radius 1 is 1.40 bits per heavy atom. The average Bonchev–Trinajstić information content (AvgIpc) is 2.44. The van der Waals surface area contributed by atoms with Crippen LogP contribution < -0.4 is 10.6 Å². The van der Waals surface area contributed by atoms with E-state index >= 15 is 0 Å². The Hall–Kier alpha value is -2.42. The predicted octanol–water partition coefficient (Wildman–Crippen LogP) is 0.866. The monoisotopic (exact) mass is 274 g/mol. The van der Waals surface area contributed by atoms with E-state index in [4.69, 9.17) is 5.26 Å². The number of nitrogens with zero attached hydrogens (tertiary/aromatic N) is 2. The van der Waals surface area contributed by atoms with Crippen molar-refractivity contribution in [2.24, 2.45) is 5.92 Å². The van der Waals surface area contributed by atoms with Crippen LogP contribution in [0.1, 0.15) is 30.8 Å². The molecule has 0 fully saturated rings. The smallest absolute Gasteiger partial charge is 0.270 e. The van der Waals surface area contributed by atoms with Crippen LogP contribution in [-0.2, 0) is 4.79 Å². The van der Waals surface area contributed by atoms with Crippen LogP contribution in [0.2, 0.25) is 0 Å². The van der Waals surface area contributed by atoms with Crippen molar-refractivity contribution in [2.45, 2.75) is 26.3 Å². The van der Waals surface area contributed by atoms with Gasteiger partial charge in [0.2, 0.25) is 5.91 Å². The van der Waals surface area contributed by atoms with Crippen LogP contribution in [0.4, 0.5) is 0 Å². The molecule has 1 atom stereocenters. The summed E-state index contributed by atoms with van der Waals surface area (Å²) in [5, 5.41) is 13.6. The van der Waals surface area contributed by atoms with Gasteiger partial charge in [0, 0.05) is 6.20 Å². The molecule has 6 nitrogen and oxygen atoms in total. The molecule has 0 aromatic carbocycles. The summed E-state index contributed by atoms with van der Waals surface area (Å²) in [5.74, 6) is -0.523. The molecule has 0 radical (unpaired) electrons. The normalized spacial score (nSPS) is 11.5. The highest BCUT2D eigenvalue weighted by atomic mass is 16.2. The molecule has 0 aliphatic heterocycles. The summed E-state index contributed by atoms with van der Waals surface area (Å²) in [7, 11) is 0. The van der Waals surface area contributed by atoms with Gasteiger partial charge in [-0.1, -0.05) is 19.9 Å². The van der Waals surface area contributed by atoms with E-state index in [0.29, 0.717) is 6.42 Å². The van der Waals surface area contributed by atoms with Crippen molar-refractivity contribution in [2.75, 3.05) is 6.54 Å². The maximum absolute atomic E-state index is 12.0. The van der Waals surface area contributed by atoms with Gasteiger partial charge in [0.05, 0.1) is 6.07 Å². The molecular weight excluding hydrogens is 256 g/mol. The lowest BCUT2D eigenvalue weighted by atomic mass is 10.0. The lowest BCUT2D eigenvalue weighted by molar-refractivity contribution is -0.123. The lowest BCUT2D eigenvalue weighted by Gasteiger charge is -2.19. The second kappa shape index (κ2) is 7.89. The molecule has 1 aromatic heterocycles. The number of nitrogens with one attached hydrogen (secondary N) is 2. The average molecular weight is 274 g/mol. The molecule has 106 valence electrons. The maximum Gasteiger partial charge on any atom is 0.270 e. The third-order valence-corrected chi connectivity index (χ3v) is 2.57. The van der Waals surface area contributed by atoms with Crippen molar-refractivity contribution in [3.05, 3.63) is 30.1 Å². The first-order chi connectivity index (χ1) is 9.54. The van der Waals surface area contributed by atoms with E-state index in [1.807, 2.05) is 19.9 Å². The van der Waals surface area contributed by atoms with Gasteiger partial charge >= 0.3 is 0 Å². The molecule has 2 N–H and O–H groups in total. The van der Waals surface area contributed by atoms with Gasteiger partial charge < -0.3 is 10.6 Å². The summed E-state index contributed by atoms with van der Waals surface area (Å²) >= 11 is 0. The van der Waals surface area contributed by atoms with E-state index in [-0.39, 0.29) is 24.1 Å². The van der Waals surface area contributed by atoms with Crippen molar-refractivity contribution in [3.8, 4) is 6.07 Å². The third kappa shape index (κ3) is 5.06. The zero-order chi connectivity index (χ0) is 15.0. The van der Waals surface area contributed by atoms with Crippen LogP contribution in [0, 0.1) is 17.2 Å². The molecule has 1 rings (SSSR count). The van der Waals surface area contributed by atoms with Crippen molar-refractivity contribution in [1.82, 2.24) is 15.6 Å². The minimum atomic E-state index is -0.669. The Bertz CT molecular complexity index is 494. The first kappa shape index (κ1) is 15.6. The van der Waals surface area contributed by atoms with Crippen molar-refractivity contribution in [3.63, 3.8) is 0 Å². The number of hydrogen-bond acceptors (Lipinski definition) is 4. The fourth-order valence-corrected chi connectivity index (χ4v) is 1.68. The number of aromatic nitrogens is 1. The van der Waals surface area contributed by atoms with Gasteiger partial charge in [0.25, 0.3) is 5.91 Å². The number of pyridine rings is 1. The number of rotatable bonds is 6. The quantitative estimate of drug-likeness (QED) is 0.752. The molecule has 20 heavy (non-hydrogen) atoms. The SMILES string of the molecule is CC(C)C[C@H](NC(=O)c1ccccn1)C(=O)NCC#N. The first-order valence-electron chi connectivity index (χ1n) is 6.41. The predicted molar refractivity (Wildman–Crippen MR) is 73.6 cm³/mol. The molecule has 1 aromatic rings. The Morgan fingerprint density at radius 2 is 2.15 bits per heavy atom. The molecule has 0 bridgehead atoms. The van der Waals surface area contributed by atoms with Crippen LogP contribution in [0.5, 0.6) is 0 Å². The van der Waals surface area contributed by atoms with Crippen LogP contribution in [0.25, 0.3) is 0 Å². The fraction of sp³-hybridized carbons (Fsp3) is 0.429. The van der Waals surface area contributed by atoms with Gasteiger partial charge in [-0.25, -0.2) is 0 Å². The number of amides is 2. The lowest BCUT2D eigenvalue weighted by Crippen LogP contribution is -2.47.